The van der Waals surface area contributed by atoms with Crippen molar-refractivity contribution in [1.29, 1.82) is 0 Å². The lowest BCUT2D eigenvalue weighted by Gasteiger charge is -2.12. The predicted octanol–water partition coefficient (Wildman–Crippen LogP) is 3.97. The molecule has 2 aromatic rings. The van der Waals surface area contributed by atoms with Crippen molar-refractivity contribution < 1.29 is 28.6 Å². The first-order valence-corrected chi connectivity index (χ1v) is 9.93. The second-order valence-electron chi connectivity index (χ2n) is 6.09. The number of carbonyl (C=O) groups is 2. The highest BCUT2D eigenvalue weighted by atomic mass is 32.2. The molecule has 2 aromatic carbocycles. The smallest absolute Gasteiger partial charge is 0.306 e. The van der Waals surface area contributed by atoms with Crippen molar-refractivity contribution in [2.75, 3.05) is 13.2 Å². The number of rotatable bonds is 8. The third-order valence-electron chi connectivity index (χ3n) is 3.83. The molecule has 0 spiro atoms. The summed E-state index contributed by atoms with van der Waals surface area (Å²) in [5, 5.41) is 11.7. The number of carboxylic acids is 1. The number of amides is 1. The molecule has 0 aliphatic carbocycles. The van der Waals surface area contributed by atoms with Gasteiger partial charge in [-0.25, -0.2) is 9.38 Å². The van der Waals surface area contributed by atoms with Crippen molar-refractivity contribution in [3.63, 3.8) is 0 Å². The van der Waals surface area contributed by atoms with Crippen LogP contribution in [0, 0.1) is 5.82 Å². The Bertz CT molecular complexity index is 1020. The van der Waals surface area contributed by atoms with E-state index in [4.69, 9.17) is 14.6 Å². The number of nitrogens with zero attached hydrogens (tertiary/aromatic N) is 1. The Balaban J connectivity index is 1.77. The summed E-state index contributed by atoms with van der Waals surface area (Å²) in [6.45, 7) is 2.24. The fourth-order valence-electron chi connectivity index (χ4n) is 2.55. The van der Waals surface area contributed by atoms with Gasteiger partial charge >= 0.3 is 5.97 Å². The van der Waals surface area contributed by atoms with E-state index in [9.17, 15) is 14.0 Å². The summed E-state index contributed by atoms with van der Waals surface area (Å²) in [7, 11) is 0. The summed E-state index contributed by atoms with van der Waals surface area (Å²) in [5.74, 6) is -0.785. The molecule has 0 radical (unpaired) electrons. The lowest BCUT2D eigenvalue weighted by molar-refractivity contribution is -0.137. The van der Waals surface area contributed by atoms with Crippen LogP contribution in [-0.4, -0.2) is 35.4 Å². The number of nitrogens with one attached hydrogen (secondary N) is 1. The van der Waals surface area contributed by atoms with Gasteiger partial charge in [-0.15, -0.1) is 0 Å². The zero-order chi connectivity index (χ0) is 21.5. The molecular weight excluding hydrogens is 411 g/mol. The highest BCUT2D eigenvalue weighted by Gasteiger charge is 2.24. The summed E-state index contributed by atoms with van der Waals surface area (Å²) in [6.07, 6.45) is 1.55. The van der Waals surface area contributed by atoms with E-state index in [0.29, 0.717) is 39.4 Å². The standard InChI is InChI=1S/C21H19FN2O5S/c1-2-28-17-10-13(6-7-16(17)29-9-8-19(25)26)11-18-20(27)24-21(30-18)23-15-5-3-4-14(22)12-15/h3-7,10-12H,2,8-9H2,1H3,(H,25,26)(H,23,24,27)/b18-11+. The second-order valence-corrected chi connectivity index (χ2v) is 7.12. The molecule has 0 saturated carbocycles. The van der Waals surface area contributed by atoms with Crippen molar-refractivity contribution >= 4 is 40.6 Å². The van der Waals surface area contributed by atoms with Gasteiger partial charge in [0.05, 0.1) is 30.2 Å². The molecule has 0 aromatic heterocycles. The number of ether oxygens (including phenoxy) is 2. The van der Waals surface area contributed by atoms with Crippen LogP contribution in [0.1, 0.15) is 18.9 Å². The van der Waals surface area contributed by atoms with Crippen LogP contribution in [0.25, 0.3) is 6.08 Å². The van der Waals surface area contributed by atoms with Crippen LogP contribution in [0.2, 0.25) is 0 Å². The van der Waals surface area contributed by atoms with Gasteiger partial charge in [-0.3, -0.25) is 9.59 Å². The zero-order valence-electron chi connectivity index (χ0n) is 16.1. The molecule has 9 heteroatoms. The fourth-order valence-corrected chi connectivity index (χ4v) is 3.39. The van der Waals surface area contributed by atoms with Crippen LogP contribution in [-0.2, 0) is 9.59 Å². The number of halogens is 1. The molecular formula is C21H19FN2O5S. The average Bonchev–Trinajstić information content (AvgIpc) is 3.02. The molecule has 1 fully saturated rings. The van der Waals surface area contributed by atoms with Crippen molar-refractivity contribution in [2.24, 2.45) is 4.99 Å². The van der Waals surface area contributed by atoms with Crippen LogP contribution >= 0.6 is 11.8 Å². The maximum atomic E-state index is 13.3. The Hall–Kier alpha value is -3.33. The van der Waals surface area contributed by atoms with Gasteiger partial charge in [0, 0.05) is 0 Å². The lowest BCUT2D eigenvalue weighted by Crippen LogP contribution is -2.19. The van der Waals surface area contributed by atoms with E-state index in [-0.39, 0.29) is 18.9 Å². The number of thioether (sulfide) groups is 1. The van der Waals surface area contributed by atoms with Gasteiger partial charge in [0.25, 0.3) is 5.91 Å². The summed E-state index contributed by atoms with van der Waals surface area (Å²) in [6, 6.07) is 10.9. The van der Waals surface area contributed by atoms with Crippen molar-refractivity contribution in [1.82, 2.24) is 5.32 Å². The Kier molecular flexibility index (Phi) is 7.08. The maximum Gasteiger partial charge on any atom is 0.306 e. The number of aliphatic imine (C=N–C) groups is 1. The highest BCUT2D eigenvalue weighted by molar-refractivity contribution is 8.18. The quantitative estimate of drug-likeness (QED) is 0.615. The molecule has 1 saturated heterocycles. The first kappa shape index (κ1) is 21.4. The van der Waals surface area contributed by atoms with E-state index in [2.05, 4.69) is 10.3 Å². The Morgan fingerprint density at radius 1 is 1.23 bits per heavy atom. The van der Waals surface area contributed by atoms with E-state index >= 15 is 0 Å². The van der Waals surface area contributed by atoms with Gasteiger partial charge in [-0.1, -0.05) is 12.1 Å². The number of benzene rings is 2. The first-order chi connectivity index (χ1) is 14.4. The fraction of sp³-hybridized carbons (Fsp3) is 0.190. The molecule has 0 bridgehead atoms. The Labute approximate surface area is 176 Å². The van der Waals surface area contributed by atoms with Crippen LogP contribution in [0.4, 0.5) is 10.1 Å². The highest BCUT2D eigenvalue weighted by Crippen LogP contribution is 2.32. The molecule has 1 aliphatic heterocycles. The maximum absolute atomic E-state index is 13.3. The molecule has 1 aliphatic rings. The summed E-state index contributed by atoms with van der Waals surface area (Å²) >= 11 is 1.15. The molecule has 0 unspecified atom stereocenters. The van der Waals surface area contributed by atoms with Gasteiger partial charge in [0.1, 0.15) is 5.82 Å². The van der Waals surface area contributed by atoms with Crippen molar-refractivity contribution in [2.45, 2.75) is 13.3 Å². The van der Waals surface area contributed by atoms with Crippen LogP contribution in [0.15, 0.2) is 52.4 Å². The summed E-state index contributed by atoms with van der Waals surface area (Å²) < 4.78 is 24.4. The predicted molar refractivity (Wildman–Crippen MR) is 113 cm³/mol. The number of hydrogen-bond donors (Lipinski definition) is 2. The average molecular weight is 430 g/mol. The summed E-state index contributed by atoms with van der Waals surface area (Å²) in [5.41, 5.74) is 1.11. The number of carbonyl (C=O) groups excluding carboxylic acids is 1. The Morgan fingerprint density at radius 2 is 2.07 bits per heavy atom. The van der Waals surface area contributed by atoms with E-state index in [1.807, 2.05) is 6.92 Å². The molecule has 1 heterocycles. The third-order valence-corrected chi connectivity index (χ3v) is 4.74. The van der Waals surface area contributed by atoms with Gasteiger partial charge < -0.3 is 19.9 Å². The molecule has 0 atom stereocenters. The largest absolute Gasteiger partial charge is 0.490 e. The van der Waals surface area contributed by atoms with E-state index < -0.39 is 11.8 Å². The normalized spacial score (nSPS) is 16.0. The number of carboxylic acid groups (broad SMARTS) is 1. The molecule has 1 amide bonds. The summed E-state index contributed by atoms with van der Waals surface area (Å²) in [4.78, 5) is 27.6. The molecule has 3 rings (SSSR count). The second kappa shape index (κ2) is 9.93. The topological polar surface area (TPSA) is 97.2 Å². The van der Waals surface area contributed by atoms with Gasteiger partial charge in [-0.2, -0.15) is 0 Å². The van der Waals surface area contributed by atoms with Crippen molar-refractivity contribution in [3.05, 3.63) is 58.8 Å². The van der Waals surface area contributed by atoms with Gasteiger partial charge in [0.2, 0.25) is 0 Å². The van der Waals surface area contributed by atoms with Crippen LogP contribution in [0.3, 0.4) is 0 Å². The molecule has 7 nitrogen and oxygen atoms in total. The van der Waals surface area contributed by atoms with Crippen LogP contribution in [0.5, 0.6) is 11.5 Å². The third kappa shape index (κ3) is 5.84. The minimum Gasteiger partial charge on any atom is -0.490 e. The number of hydrogen-bond acceptors (Lipinski definition) is 6. The molecule has 156 valence electrons. The van der Waals surface area contributed by atoms with Gasteiger partial charge in [-0.05, 0) is 60.7 Å². The van der Waals surface area contributed by atoms with E-state index in [0.717, 1.165) is 11.8 Å². The molecule has 2 N–H and O–H groups in total. The van der Waals surface area contributed by atoms with E-state index in [1.165, 1.54) is 12.1 Å². The van der Waals surface area contributed by atoms with Crippen LogP contribution < -0.4 is 14.8 Å². The lowest BCUT2D eigenvalue weighted by atomic mass is 10.2. The number of aliphatic carboxylic acids is 1. The van der Waals surface area contributed by atoms with E-state index in [1.54, 1.807) is 36.4 Å². The minimum absolute atomic E-state index is 0.0218. The number of amidine groups is 1. The van der Waals surface area contributed by atoms with Gasteiger partial charge in [0.15, 0.2) is 16.7 Å². The zero-order valence-corrected chi connectivity index (χ0v) is 16.9. The minimum atomic E-state index is -0.950. The first-order valence-electron chi connectivity index (χ1n) is 9.11. The molecule has 30 heavy (non-hydrogen) atoms. The SMILES string of the molecule is CCOc1cc(/C=C2/SC(=Nc3cccc(F)c3)NC2=O)ccc1OCCC(=O)O. The van der Waals surface area contributed by atoms with Crippen molar-refractivity contribution in [3.8, 4) is 11.5 Å². The Morgan fingerprint density at radius 3 is 2.80 bits per heavy atom. The monoisotopic (exact) mass is 430 g/mol.